The summed E-state index contributed by atoms with van der Waals surface area (Å²) in [5.41, 5.74) is 8.25. The smallest absolute Gasteiger partial charge is 0.188 e. The van der Waals surface area contributed by atoms with Crippen molar-refractivity contribution in [3.05, 3.63) is 142 Å². The van der Waals surface area contributed by atoms with Gasteiger partial charge in [-0.1, -0.05) is 131 Å². The van der Waals surface area contributed by atoms with Crippen molar-refractivity contribution in [2.45, 2.75) is 90.9 Å². The zero-order valence-electron chi connectivity index (χ0n) is 28.0. The van der Waals surface area contributed by atoms with E-state index in [1.807, 2.05) is 30.3 Å². The average Bonchev–Trinajstić information content (AvgIpc) is 3.02. The molecule has 47 heavy (non-hydrogen) atoms. The Hall–Kier alpha value is -3.30. The van der Waals surface area contributed by atoms with Gasteiger partial charge >= 0.3 is 0 Å². The highest BCUT2D eigenvalue weighted by atomic mass is 32.2. The van der Waals surface area contributed by atoms with Crippen molar-refractivity contribution < 1.29 is 28.5 Å². The second kappa shape index (κ2) is 17.2. The van der Waals surface area contributed by atoms with Crippen molar-refractivity contribution in [3.63, 3.8) is 0 Å². The number of ether oxygens (including phenoxy) is 5. The third kappa shape index (κ3) is 10.6. The Kier molecular flexibility index (Phi) is 12.8. The fourth-order valence-electron chi connectivity index (χ4n) is 5.92. The van der Waals surface area contributed by atoms with E-state index in [1.54, 1.807) is 6.92 Å². The molecule has 0 unspecified atom stereocenters. The fraction of sp³-hybridized carbons (Fsp3) is 0.375. The molecule has 1 aliphatic rings. The summed E-state index contributed by atoms with van der Waals surface area (Å²) < 4.78 is 33.1. The molecule has 5 rings (SSSR count). The number of rotatable bonds is 14. The highest BCUT2D eigenvalue weighted by molar-refractivity contribution is 8.14. The maximum Gasteiger partial charge on any atom is 0.188 e. The lowest BCUT2D eigenvalue weighted by Crippen LogP contribution is -2.60. The normalized spacial score (nSPS) is 21.1. The number of carbonyl (C=O) groups excluding carboxylic acids is 1. The third-order valence-corrected chi connectivity index (χ3v) is 9.03. The van der Waals surface area contributed by atoms with Gasteiger partial charge in [-0.25, -0.2) is 0 Å². The van der Waals surface area contributed by atoms with Crippen LogP contribution in [0.1, 0.15) is 51.4 Å². The van der Waals surface area contributed by atoms with Crippen LogP contribution in [-0.4, -0.2) is 41.6 Å². The molecule has 0 amide bonds. The van der Waals surface area contributed by atoms with Crippen LogP contribution in [0.2, 0.25) is 0 Å². The van der Waals surface area contributed by atoms with Gasteiger partial charge in [0.25, 0.3) is 0 Å². The Balaban J connectivity index is 1.45. The van der Waals surface area contributed by atoms with Crippen molar-refractivity contribution >= 4 is 16.9 Å². The van der Waals surface area contributed by atoms with Crippen molar-refractivity contribution in [1.29, 1.82) is 0 Å². The summed E-state index contributed by atoms with van der Waals surface area (Å²) in [5, 5.41) is -0.0600. The van der Waals surface area contributed by atoms with Crippen LogP contribution in [-0.2, 0) is 54.9 Å². The van der Waals surface area contributed by atoms with E-state index in [2.05, 4.69) is 94.4 Å². The van der Waals surface area contributed by atoms with Gasteiger partial charge < -0.3 is 23.7 Å². The van der Waals surface area contributed by atoms with Crippen LogP contribution in [0.15, 0.2) is 97.1 Å². The monoisotopic (exact) mass is 654 g/mol. The predicted molar refractivity (Wildman–Crippen MR) is 187 cm³/mol. The van der Waals surface area contributed by atoms with Crippen molar-refractivity contribution in [3.8, 4) is 0 Å². The van der Waals surface area contributed by atoms with E-state index in [9.17, 15) is 4.79 Å². The first-order chi connectivity index (χ1) is 22.7. The molecule has 1 fully saturated rings. The molecular weight excluding hydrogens is 609 g/mol. The third-order valence-electron chi connectivity index (χ3n) is 8.08. The van der Waals surface area contributed by atoms with Crippen LogP contribution >= 0.6 is 11.8 Å². The average molecular weight is 655 g/mol. The van der Waals surface area contributed by atoms with Crippen LogP contribution < -0.4 is 0 Å². The lowest BCUT2D eigenvalue weighted by molar-refractivity contribution is -0.254. The van der Waals surface area contributed by atoms with Gasteiger partial charge in [0, 0.05) is 6.92 Å². The Morgan fingerprint density at radius 2 is 1.00 bits per heavy atom. The second-order valence-electron chi connectivity index (χ2n) is 12.5. The maximum absolute atomic E-state index is 12.6. The van der Waals surface area contributed by atoms with E-state index < -0.39 is 29.9 Å². The molecule has 0 spiro atoms. The Morgan fingerprint density at radius 3 is 1.43 bits per heavy atom. The molecular formula is C40H46O6S. The molecule has 4 aromatic rings. The van der Waals surface area contributed by atoms with E-state index >= 15 is 0 Å². The molecule has 0 saturated carbocycles. The molecule has 1 aliphatic heterocycles. The van der Waals surface area contributed by atoms with E-state index in [0.29, 0.717) is 26.4 Å². The van der Waals surface area contributed by atoms with Crippen molar-refractivity contribution in [2.24, 2.45) is 0 Å². The lowest BCUT2D eigenvalue weighted by Gasteiger charge is -2.45. The zero-order valence-corrected chi connectivity index (χ0v) is 28.8. The molecule has 0 N–H and O–H groups in total. The van der Waals surface area contributed by atoms with E-state index in [1.165, 1.54) is 5.56 Å². The quantitative estimate of drug-likeness (QED) is 0.136. The van der Waals surface area contributed by atoms with E-state index in [-0.39, 0.29) is 11.7 Å². The van der Waals surface area contributed by atoms with Gasteiger partial charge in [0.2, 0.25) is 0 Å². The summed E-state index contributed by atoms with van der Waals surface area (Å²) >= 11 is 1.13. The van der Waals surface area contributed by atoms with Crippen LogP contribution in [0.3, 0.4) is 0 Å². The molecule has 1 saturated heterocycles. The molecule has 0 aromatic heterocycles. The second-order valence-corrected chi connectivity index (χ2v) is 13.7. The van der Waals surface area contributed by atoms with Crippen molar-refractivity contribution in [2.75, 3.05) is 6.61 Å². The molecule has 7 heteroatoms. The van der Waals surface area contributed by atoms with Gasteiger partial charge in [-0.05, 0) is 49.9 Å². The first-order valence-electron chi connectivity index (χ1n) is 16.2. The zero-order chi connectivity index (χ0) is 33.2. The molecule has 4 aromatic carbocycles. The van der Waals surface area contributed by atoms with E-state index in [0.717, 1.165) is 50.7 Å². The Bertz CT molecular complexity index is 1610. The van der Waals surface area contributed by atoms with Crippen LogP contribution in [0.25, 0.3) is 0 Å². The van der Waals surface area contributed by atoms with Gasteiger partial charge in [-0.3, -0.25) is 4.79 Å². The minimum atomic E-state index is -0.619. The van der Waals surface area contributed by atoms with Gasteiger partial charge in [0.15, 0.2) is 5.12 Å². The van der Waals surface area contributed by atoms with Crippen LogP contribution in [0.5, 0.6) is 0 Å². The Labute approximate surface area is 283 Å². The molecule has 0 aliphatic carbocycles. The highest BCUT2D eigenvalue weighted by Gasteiger charge is 2.49. The molecule has 0 bridgehead atoms. The van der Waals surface area contributed by atoms with Gasteiger partial charge in [-0.15, -0.1) is 0 Å². The number of aryl methyl sites for hydroxylation is 4. The largest absolute Gasteiger partial charge is 0.374 e. The molecule has 0 radical (unpaired) electrons. The first kappa shape index (κ1) is 35.0. The first-order valence-corrected chi connectivity index (χ1v) is 17.1. The summed E-state index contributed by atoms with van der Waals surface area (Å²) in [6.07, 6.45) is -2.19. The lowest BCUT2D eigenvalue weighted by atomic mass is 9.98. The summed E-state index contributed by atoms with van der Waals surface area (Å²) in [7, 11) is 0. The van der Waals surface area contributed by atoms with Crippen LogP contribution in [0.4, 0.5) is 0 Å². The summed E-state index contributed by atoms with van der Waals surface area (Å²) in [5.74, 6) is 0. The number of benzene rings is 4. The molecule has 248 valence electrons. The summed E-state index contributed by atoms with van der Waals surface area (Å²) in [6.45, 7) is 11.6. The number of hydrogen-bond donors (Lipinski definition) is 0. The molecule has 6 nitrogen and oxygen atoms in total. The van der Waals surface area contributed by atoms with Crippen molar-refractivity contribution in [1.82, 2.24) is 0 Å². The minimum Gasteiger partial charge on any atom is -0.374 e. The number of thioether (sulfide) groups is 1. The molecule has 5 atom stereocenters. The predicted octanol–water partition coefficient (Wildman–Crippen LogP) is 8.20. The van der Waals surface area contributed by atoms with Crippen LogP contribution in [0, 0.1) is 27.7 Å². The summed E-state index contributed by atoms with van der Waals surface area (Å²) in [6, 6.07) is 33.1. The van der Waals surface area contributed by atoms with E-state index in [4.69, 9.17) is 23.7 Å². The van der Waals surface area contributed by atoms with Gasteiger partial charge in [0.1, 0.15) is 29.9 Å². The maximum atomic E-state index is 12.6. The van der Waals surface area contributed by atoms with Gasteiger partial charge in [0.05, 0.1) is 33.0 Å². The standard InChI is InChI=1S/C40H46O6S/c1-27-10-6-14-32(18-27)22-42-26-36-37(43-23-33-15-7-11-28(2)19-33)38(44-24-34-16-8-12-29(3)20-34)39(40(46-36)47-31(5)41)45-25-35-17-9-13-30(4)21-35/h6-21,36-40H,22-26H2,1-5H3/t36-,37-,38+,39-,40+/m1/s1. The van der Waals surface area contributed by atoms with Gasteiger partial charge in [-0.2, -0.15) is 0 Å². The SMILES string of the molecule is CC(=O)S[C@@H]1O[C@H](COCc2cccc(C)c2)[C@@H](OCc2cccc(C)c2)[C@H](OCc2cccc(C)c2)[C@H]1OCc1cccc(C)c1. The fourth-order valence-corrected chi connectivity index (χ4v) is 6.81. The summed E-state index contributed by atoms with van der Waals surface area (Å²) in [4.78, 5) is 12.6. The minimum absolute atomic E-state index is 0.0600. The Morgan fingerprint density at radius 1 is 0.596 bits per heavy atom. The highest BCUT2D eigenvalue weighted by Crippen LogP contribution is 2.36. The number of carbonyl (C=O) groups is 1. The number of hydrogen-bond acceptors (Lipinski definition) is 7. The molecule has 1 heterocycles. The topological polar surface area (TPSA) is 63.2 Å².